The molecule has 5 heterocycles. The molecule has 2 atom stereocenters. The molecule has 0 spiro atoms. The van der Waals surface area contributed by atoms with Crippen LogP contribution in [0.1, 0.15) is 6.42 Å². The van der Waals surface area contributed by atoms with Crippen molar-refractivity contribution in [3.05, 3.63) is 39.9 Å². The second-order valence-corrected chi connectivity index (χ2v) is 8.39. The highest BCUT2D eigenvalue weighted by Crippen LogP contribution is 2.37. The van der Waals surface area contributed by atoms with Gasteiger partial charge in [0.15, 0.2) is 0 Å². The quantitative estimate of drug-likeness (QED) is 0.529. The van der Waals surface area contributed by atoms with Crippen molar-refractivity contribution in [1.82, 2.24) is 29.6 Å². The minimum atomic E-state index is -0.0701. The van der Waals surface area contributed by atoms with Crippen LogP contribution in [0.2, 0.25) is 5.02 Å². The largest absolute Gasteiger partial charge is 0.345 e. The highest BCUT2D eigenvalue weighted by atomic mass is 35.5. The van der Waals surface area contributed by atoms with E-state index in [1.54, 1.807) is 16.3 Å². The molecule has 8 nitrogen and oxygen atoms in total. The SMILES string of the molecule is Cn1cc2c(Cl)c(-c3c[nH]c4nc(N5C[C@H]6C[C@@H]5CN6)n(C)c(=O)c34)ccc2n1. The minimum absolute atomic E-state index is 0.0701. The Morgan fingerprint density at radius 2 is 2.10 bits per heavy atom. The molecule has 9 heteroatoms. The van der Waals surface area contributed by atoms with Crippen LogP contribution < -0.4 is 15.8 Å². The van der Waals surface area contributed by atoms with E-state index >= 15 is 0 Å². The van der Waals surface area contributed by atoms with Gasteiger partial charge in [0.2, 0.25) is 5.95 Å². The molecule has 29 heavy (non-hydrogen) atoms. The van der Waals surface area contributed by atoms with Gasteiger partial charge >= 0.3 is 0 Å². The average molecular weight is 410 g/mol. The molecule has 0 unspecified atom stereocenters. The Labute approximate surface area is 171 Å². The standard InChI is InChI=1S/C20H20ClN7O/c1-26-9-14-15(25-26)4-3-12(17(14)21)13-7-23-18-16(13)19(29)27(2)20(24-18)28-8-10-5-11(28)6-22-10/h3-4,7,9-11,22-23H,5-6,8H2,1-2H3/t10-,11-/m1/s1. The van der Waals surface area contributed by atoms with Gasteiger partial charge in [-0.25, -0.2) is 0 Å². The molecule has 1 aromatic carbocycles. The first-order chi connectivity index (χ1) is 14.0. The zero-order valence-electron chi connectivity index (χ0n) is 16.1. The number of nitrogens with zero attached hydrogens (tertiary/aromatic N) is 5. The molecule has 0 aliphatic carbocycles. The van der Waals surface area contributed by atoms with Crippen molar-refractivity contribution in [1.29, 1.82) is 0 Å². The van der Waals surface area contributed by atoms with Crippen molar-refractivity contribution in [2.45, 2.75) is 18.5 Å². The van der Waals surface area contributed by atoms with Crippen LogP contribution in [-0.2, 0) is 14.1 Å². The first kappa shape index (κ1) is 17.1. The van der Waals surface area contributed by atoms with E-state index in [9.17, 15) is 4.79 Å². The van der Waals surface area contributed by atoms with Crippen molar-refractivity contribution in [3.63, 3.8) is 0 Å². The molecule has 3 aromatic heterocycles. The zero-order valence-corrected chi connectivity index (χ0v) is 16.9. The Balaban J connectivity index is 1.54. The number of aryl methyl sites for hydroxylation is 1. The van der Waals surface area contributed by atoms with E-state index in [2.05, 4.69) is 20.3 Å². The number of nitrogens with one attached hydrogen (secondary N) is 2. The van der Waals surface area contributed by atoms with E-state index in [1.807, 2.05) is 31.6 Å². The van der Waals surface area contributed by atoms with E-state index in [1.165, 1.54) is 0 Å². The van der Waals surface area contributed by atoms with Crippen molar-refractivity contribution in [3.8, 4) is 11.1 Å². The highest BCUT2D eigenvalue weighted by molar-refractivity contribution is 6.38. The fraction of sp³-hybridized carbons (Fsp3) is 0.350. The van der Waals surface area contributed by atoms with Gasteiger partial charge in [-0.3, -0.25) is 14.0 Å². The van der Waals surface area contributed by atoms with Crippen molar-refractivity contribution >= 4 is 39.5 Å². The van der Waals surface area contributed by atoms with Gasteiger partial charge in [0.1, 0.15) is 5.65 Å². The van der Waals surface area contributed by atoms with Crippen LogP contribution in [0.15, 0.2) is 29.3 Å². The van der Waals surface area contributed by atoms with Crippen LogP contribution in [0.3, 0.4) is 0 Å². The second-order valence-electron chi connectivity index (χ2n) is 8.01. The summed E-state index contributed by atoms with van der Waals surface area (Å²) < 4.78 is 3.40. The van der Waals surface area contributed by atoms with Crippen LogP contribution in [0.5, 0.6) is 0 Å². The fourth-order valence-electron chi connectivity index (χ4n) is 4.81. The number of anilines is 1. The number of aromatic nitrogens is 5. The monoisotopic (exact) mass is 409 g/mol. The lowest BCUT2D eigenvalue weighted by atomic mass is 10.0. The minimum Gasteiger partial charge on any atom is -0.345 e. The first-order valence-electron chi connectivity index (χ1n) is 9.71. The molecule has 148 valence electrons. The van der Waals surface area contributed by atoms with Crippen LogP contribution in [0, 0.1) is 0 Å². The Hall–Kier alpha value is -2.84. The Morgan fingerprint density at radius 1 is 1.24 bits per heavy atom. The molecule has 2 bridgehead atoms. The van der Waals surface area contributed by atoms with Crippen LogP contribution in [-0.4, -0.2) is 49.5 Å². The average Bonchev–Trinajstić information content (AvgIpc) is 3.47. The summed E-state index contributed by atoms with van der Waals surface area (Å²) in [6.07, 6.45) is 4.81. The molecule has 6 rings (SSSR count). The molecular formula is C20H20ClN7O. The summed E-state index contributed by atoms with van der Waals surface area (Å²) in [6, 6.07) is 4.72. The number of benzene rings is 1. The van der Waals surface area contributed by atoms with E-state index in [4.69, 9.17) is 16.6 Å². The lowest BCUT2D eigenvalue weighted by molar-refractivity contribution is 0.563. The Kier molecular flexibility index (Phi) is 3.43. The van der Waals surface area contributed by atoms with Crippen molar-refractivity contribution in [2.75, 3.05) is 18.0 Å². The van der Waals surface area contributed by atoms with Crippen molar-refractivity contribution < 1.29 is 0 Å². The van der Waals surface area contributed by atoms with Gasteiger partial charge in [-0.05, 0) is 12.5 Å². The maximum Gasteiger partial charge on any atom is 0.264 e. The van der Waals surface area contributed by atoms with Crippen LogP contribution in [0.4, 0.5) is 5.95 Å². The summed E-state index contributed by atoms with van der Waals surface area (Å²) in [7, 11) is 3.66. The van der Waals surface area contributed by atoms with E-state index in [-0.39, 0.29) is 5.56 Å². The fourth-order valence-corrected chi connectivity index (χ4v) is 5.12. The molecule has 4 aromatic rings. The maximum absolute atomic E-state index is 13.3. The summed E-state index contributed by atoms with van der Waals surface area (Å²) in [5.41, 5.74) is 2.91. The van der Waals surface area contributed by atoms with Gasteiger partial charge < -0.3 is 15.2 Å². The predicted molar refractivity (Wildman–Crippen MR) is 114 cm³/mol. The third kappa shape index (κ3) is 2.33. The van der Waals surface area contributed by atoms with Crippen LogP contribution >= 0.6 is 11.6 Å². The van der Waals surface area contributed by atoms with Gasteiger partial charge in [0, 0.05) is 68.2 Å². The summed E-state index contributed by atoms with van der Waals surface area (Å²) >= 11 is 6.70. The number of H-pyrrole nitrogens is 1. The van der Waals surface area contributed by atoms with Gasteiger partial charge in [-0.15, -0.1) is 0 Å². The molecule has 2 N–H and O–H groups in total. The predicted octanol–water partition coefficient (Wildman–Crippen LogP) is 2.02. The van der Waals surface area contributed by atoms with Crippen molar-refractivity contribution in [2.24, 2.45) is 14.1 Å². The number of rotatable bonds is 2. The number of fused-ring (bicyclic) bond motifs is 4. The number of piperazine rings is 1. The summed E-state index contributed by atoms with van der Waals surface area (Å²) in [5.74, 6) is 0.721. The third-order valence-corrected chi connectivity index (χ3v) is 6.64. The topological polar surface area (TPSA) is 83.8 Å². The first-order valence-corrected chi connectivity index (χ1v) is 10.1. The van der Waals surface area contributed by atoms with E-state index in [0.717, 1.165) is 47.5 Å². The lowest BCUT2D eigenvalue weighted by Gasteiger charge is -2.29. The van der Waals surface area contributed by atoms with E-state index in [0.29, 0.717) is 28.1 Å². The number of aromatic amines is 1. The summed E-state index contributed by atoms with van der Waals surface area (Å²) in [4.78, 5) is 23.6. The molecule has 2 aliphatic heterocycles. The van der Waals surface area contributed by atoms with Gasteiger partial charge in [0.05, 0.1) is 15.9 Å². The van der Waals surface area contributed by atoms with Crippen LogP contribution in [0.25, 0.3) is 33.1 Å². The normalized spacial score (nSPS) is 21.1. The summed E-state index contributed by atoms with van der Waals surface area (Å²) in [5, 5.41) is 9.90. The Morgan fingerprint density at radius 3 is 2.86 bits per heavy atom. The molecule has 2 saturated heterocycles. The van der Waals surface area contributed by atoms with Gasteiger partial charge in [0.25, 0.3) is 5.56 Å². The van der Waals surface area contributed by atoms with Gasteiger partial charge in [-0.1, -0.05) is 17.7 Å². The zero-order chi connectivity index (χ0) is 19.9. The number of hydrogen-bond donors (Lipinski definition) is 2. The summed E-state index contributed by atoms with van der Waals surface area (Å²) in [6.45, 7) is 1.82. The Bertz CT molecular complexity index is 1350. The molecule has 0 saturated carbocycles. The smallest absolute Gasteiger partial charge is 0.264 e. The molecule has 2 aliphatic rings. The third-order valence-electron chi connectivity index (χ3n) is 6.23. The highest BCUT2D eigenvalue weighted by Gasteiger charge is 2.39. The number of halogens is 1. The molecule has 2 fully saturated rings. The van der Waals surface area contributed by atoms with Gasteiger partial charge in [-0.2, -0.15) is 10.1 Å². The second kappa shape index (κ2) is 5.84. The molecule has 0 radical (unpaired) electrons. The molecule has 0 amide bonds. The molecular weight excluding hydrogens is 390 g/mol. The van der Waals surface area contributed by atoms with E-state index < -0.39 is 0 Å². The maximum atomic E-state index is 13.3. The lowest BCUT2D eigenvalue weighted by Crippen LogP contribution is -2.46. The number of hydrogen-bond acceptors (Lipinski definition) is 5.